The van der Waals surface area contributed by atoms with Crippen molar-refractivity contribution in [3.8, 4) is 0 Å². The lowest BCUT2D eigenvalue weighted by atomic mass is 10.0. The van der Waals surface area contributed by atoms with Crippen LogP contribution in [-0.4, -0.2) is 51.3 Å². The van der Waals surface area contributed by atoms with Crippen LogP contribution >= 0.6 is 11.3 Å². The molecule has 2 aliphatic heterocycles. The van der Waals surface area contributed by atoms with Crippen molar-refractivity contribution in [1.29, 1.82) is 0 Å². The van der Waals surface area contributed by atoms with Crippen molar-refractivity contribution < 1.29 is 19.5 Å². The second-order valence-corrected chi connectivity index (χ2v) is 6.58. The van der Waals surface area contributed by atoms with E-state index in [4.69, 9.17) is 5.73 Å². The number of piperidine rings is 1. The molecule has 0 aromatic carbocycles. The van der Waals surface area contributed by atoms with E-state index in [1.165, 1.54) is 23.2 Å². The number of aliphatic hydroxyl groups is 1. The lowest BCUT2D eigenvalue weighted by Crippen LogP contribution is -2.56. The summed E-state index contributed by atoms with van der Waals surface area (Å²) in [6.45, 7) is 1.78. The molecule has 1 fully saturated rings. The highest BCUT2D eigenvalue weighted by molar-refractivity contribution is 7.14. The number of nitrogens with zero attached hydrogens (tertiary/aromatic N) is 2. The van der Waals surface area contributed by atoms with Gasteiger partial charge in [0.05, 0.1) is 29.8 Å². The summed E-state index contributed by atoms with van der Waals surface area (Å²) in [5.74, 6) is -0.937. The molecule has 0 aliphatic carbocycles. The van der Waals surface area contributed by atoms with Crippen LogP contribution in [-0.2, 0) is 16.1 Å². The van der Waals surface area contributed by atoms with Crippen LogP contribution in [0.3, 0.4) is 0 Å². The number of rotatable bonds is 3. The Morgan fingerprint density at radius 1 is 1.45 bits per heavy atom. The normalized spacial score (nSPS) is 23.2. The van der Waals surface area contributed by atoms with Crippen molar-refractivity contribution in [2.45, 2.75) is 38.5 Å². The average Bonchev–Trinajstić information content (AvgIpc) is 2.97. The van der Waals surface area contributed by atoms with Crippen LogP contribution in [0.2, 0.25) is 0 Å². The summed E-state index contributed by atoms with van der Waals surface area (Å²) in [4.78, 5) is 39.4. The summed E-state index contributed by atoms with van der Waals surface area (Å²) >= 11 is 1.32. The van der Waals surface area contributed by atoms with Gasteiger partial charge in [0.1, 0.15) is 6.04 Å². The number of aliphatic hydroxyl groups excluding tert-OH is 1. The molecule has 2 unspecified atom stereocenters. The SMILES string of the molecule is CC(O)CN1C(=O)CCC(N2Cc3c(csc3N)C2=O)C1=O. The Kier molecular flexibility index (Phi) is 3.65. The maximum atomic E-state index is 12.5. The minimum atomic E-state index is -0.794. The van der Waals surface area contributed by atoms with Gasteiger partial charge in [-0.25, -0.2) is 0 Å². The Labute approximate surface area is 131 Å². The van der Waals surface area contributed by atoms with Crippen molar-refractivity contribution in [2.24, 2.45) is 0 Å². The van der Waals surface area contributed by atoms with Gasteiger partial charge in [0.25, 0.3) is 11.8 Å². The number of imide groups is 1. The minimum Gasteiger partial charge on any atom is -0.392 e. The third-order valence-corrected chi connectivity index (χ3v) is 4.91. The molecule has 0 bridgehead atoms. The molecule has 3 amide bonds. The molecule has 1 aromatic heterocycles. The molecule has 1 aromatic rings. The number of fused-ring (bicyclic) bond motifs is 1. The van der Waals surface area contributed by atoms with Crippen LogP contribution < -0.4 is 5.73 Å². The number of carbonyl (C=O) groups is 3. The quantitative estimate of drug-likeness (QED) is 0.773. The average molecular weight is 323 g/mol. The smallest absolute Gasteiger partial charge is 0.256 e. The van der Waals surface area contributed by atoms with Crippen molar-refractivity contribution >= 4 is 34.1 Å². The Balaban J connectivity index is 1.82. The highest BCUT2D eigenvalue weighted by Gasteiger charge is 2.43. The third kappa shape index (κ3) is 2.28. The highest BCUT2D eigenvalue weighted by atomic mass is 32.1. The first-order valence-corrected chi connectivity index (χ1v) is 7.97. The highest BCUT2D eigenvalue weighted by Crippen LogP contribution is 2.35. The van der Waals surface area contributed by atoms with E-state index in [1.54, 1.807) is 5.38 Å². The molecule has 3 heterocycles. The minimum absolute atomic E-state index is 0.0421. The second-order valence-electron chi connectivity index (χ2n) is 5.67. The maximum Gasteiger partial charge on any atom is 0.256 e. The van der Waals surface area contributed by atoms with E-state index in [0.29, 0.717) is 23.5 Å². The summed E-state index contributed by atoms with van der Waals surface area (Å²) < 4.78 is 0. The fraction of sp³-hybridized carbons (Fsp3) is 0.500. The fourth-order valence-electron chi connectivity index (χ4n) is 2.96. The van der Waals surface area contributed by atoms with Gasteiger partial charge in [-0.1, -0.05) is 0 Å². The van der Waals surface area contributed by atoms with Crippen LogP contribution in [0, 0.1) is 0 Å². The molecule has 3 N–H and O–H groups in total. The van der Waals surface area contributed by atoms with E-state index < -0.39 is 18.1 Å². The first-order chi connectivity index (χ1) is 10.4. The number of carbonyl (C=O) groups excluding carboxylic acids is 3. The van der Waals surface area contributed by atoms with Crippen LogP contribution in [0.5, 0.6) is 0 Å². The zero-order chi connectivity index (χ0) is 16.0. The van der Waals surface area contributed by atoms with Gasteiger partial charge < -0.3 is 15.7 Å². The monoisotopic (exact) mass is 323 g/mol. The molecule has 3 rings (SSSR count). The summed E-state index contributed by atoms with van der Waals surface area (Å²) in [5.41, 5.74) is 7.17. The predicted octanol–water partition coefficient (Wildman–Crippen LogP) is 0.184. The lowest BCUT2D eigenvalue weighted by Gasteiger charge is -2.36. The zero-order valence-corrected chi connectivity index (χ0v) is 12.9. The number of β-amino-alcohol motifs (C(OH)–C–C–N with tert-alkyl or cyclic N) is 1. The number of anilines is 1. The summed E-state index contributed by atoms with van der Waals surface area (Å²) in [6.07, 6.45) is -0.291. The molecule has 2 atom stereocenters. The first-order valence-electron chi connectivity index (χ1n) is 7.09. The van der Waals surface area contributed by atoms with Gasteiger partial charge in [0.2, 0.25) is 5.91 Å². The van der Waals surface area contributed by atoms with Crippen LogP contribution in [0.4, 0.5) is 5.00 Å². The molecule has 0 radical (unpaired) electrons. The molecule has 118 valence electrons. The van der Waals surface area contributed by atoms with Gasteiger partial charge in [0.15, 0.2) is 0 Å². The number of thiophene rings is 1. The van der Waals surface area contributed by atoms with E-state index in [1.807, 2.05) is 0 Å². The Morgan fingerprint density at radius 3 is 2.82 bits per heavy atom. The van der Waals surface area contributed by atoms with Crippen LogP contribution in [0.25, 0.3) is 0 Å². The second kappa shape index (κ2) is 5.36. The first kappa shape index (κ1) is 15.0. The van der Waals surface area contributed by atoms with Crippen molar-refractivity contribution in [1.82, 2.24) is 9.80 Å². The van der Waals surface area contributed by atoms with Crippen molar-refractivity contribution in [3.63, 3.8) is 0 Å². The Bertz CT molecular complexity index is 655. The molecule has 0 spiro atoms. The van der Waals surface area contributed by atoms with E-state index in [9.17, 15) is 19.5 Å². The number of hydrogen-bond acceptors (Lipinski definition) is 6. The summed E-state index contributed by atoms with van der Waals surface area (Å²) in [7, 11) is 0. The van der Waals surface area contributed by atoms with E-state index >= 15 is 0 Å². The molecule has 1 saturated heterocycles. The molecular weight excluding hydrogens is 306 g/mol. The molecular formula is C14H17N3O4S. The number of hydrogen-bond donors (Lipinski definition) is 2. The van der Waals surface area contributed by atoms with E-state index in [2.05, 4.69) is 0 Å². The van der Waals surface area contributed by atoms with Crippen LogP contribution in [0.15, 0.2) is 5.38 Å². The van der Waals surface area contributed by atoms with Gasteiger partial charge in [-0.2, -0.15) is 0 Å². The molecule has 2 aliphatic rings. The van der Waals surface area contributed by atoms with Gasteiger partial charge in [-0.05, 0) is 13.3 Å². The van der Waals surface area contributed by atoms with Gasteiger partial charge >= 0.3 is 0 Å². The Hall–Kier alpha value is -1.93. The number of amides is 3. The number of nitrogen functional groups attached to an aromatic ring is 1. The van der Waals surface area contributed by atoms with Gasteiger partial charge in [-0.15, -0.1) is 11.3 Å². The molecule has 22 heavy (non-hydrogen) atoms. The fourth-order valence-corrected chi connectivity index (χ4v) is 3.76. The predicted molar refractivity (Wildman–Crippen MR) is 80.0 cm³/mol. The number of nitrogens with two attached hydrogens (primary N) is 1. The van der Waals surface area contributed by atoms with Gasteiger partial charge in [-0.3, -0.25) is 19.3 Å². The largest absolute Gasteiger partial charge is 0.392 e. The third-order valence-electron chi connectivity index (χ3n) is 4.05. The van der Waals surface area contributed by atoms with E-state index in [-0.39, 0.29) is 24.8 Å². The van der Waals surface area contributed by atoms with Gasteiger partial charge in [0, 0.05) is 17.4 Å². The zero-order valence-electron chi connectivity index (χ0n) is 12.1. The van der Waals surface area contributed by atoms with Crippen molar-refractivity contribution in [3.05, 3.63) is 16.5 Å². The number of likely N-dealkylation sites (tertiary alicyclic amines) is 1. The summed E-state index contributed by atoms with van der Waals surface area (Å²) in [5, 5.41) is 11.7. The van der Waals surface area contributed by atoms with Crippen molar-refractivity contribution in [2.75, 3.05) is 12.3 Å². The molecule has 7 nitrogen and oxygen atoms in total. The van der Waals surface area contributed by atoms with Crippen LogP contribution in [0.1, 0.15) is 35.7 Å². The lowest BCUT2D eigenvalue weighted by molar-refractivity contribution is -0.153. The molecule has 0 saturated carbocycles. The maximum absolute atomic E-state index is 12.5. The molecule has 8 heteroatoms. The Morgan fingerprint density at radius 2 is 2.18 bits per heavy atom. The summed E-state index contributed by atoms with van der Waals surface area (Å²) in [6, 6.07) is -0.666. The topological polar surface area (TPSA) is 104 Å². The van der Waals surface area contributed by atoms with E-state index in [0.717, 1.165) is 10.5 Å². The standard InChI is InChI=1S/C14H17N3O4S/c1-7(18)4-17-11(19)3-2-10(14(17)21)16-5-8-9(13(16)20)6-22-12(8)15/h6-7,10,18H,2-5,15H2,1H3.